The summed E-state index contributed by atoms with van der Waals surface area (Å²) >= 11 is 0. The van der Waals surface area contributed by atoms with Gasteiger partial charge in [0.1, 0.15) is 17.6 Å². The topological polar surface area (TPSA) is 105 Å². The Morgan fingerprint density at radius 2 is 1.30 bits per heavy atom. The second-order valence-electron chi connectivity index (χ2n) is 7.63. The number of aromatic nitrogens is 4. The van der Waals surface area contributed by atoms with Crippen LogP contribution in [0.2, 0.25) is 0 Å². The van der Waals surface area contributed by atoms with E-state index in [1.807, 2.05) is 38.1 Å². The molecular weight excluding hydrogens is 424 g/mol. The fourth-order valence-corrected chi connectivity index (χ4v) is 3.60. The Hall–Kier alpha value is -3.69. The maximum absolute atomic E-state index is 11.9. The molecule has 33 heavy (non-hydrogen) atoms. The molecule has 0 atom stereocenters. The number of aldehydes is 1. The van der Waals surface area contributed by atoms with Crippen molar-refractivity contribution in [2.24, 2.45) is 0 Å². The van der Waals surface area contributed by atoms with Crippen LogP contribution in [0.4, 0.5) is 0 Å². The third kappa shape index (κ3) is 5.05. The molecule has 5 heterocycles. The maximum atomic E-state index is 11.9. The summed E-state index contributed by atoms with van der Waals surface area (Å²) < 4.78 is 13.7. The van der Waals surface area contributed by atoms with Gasteiger partial charge in [-0.3, -0.25) is 18.7 Å². The number of hydrogen-bond acceptors (Lipinski definition) is 7. The predicted molar refractivity (Wildman–Crippen MR) is 123 cm³/mol. The number of pyridine rings is 4. The highest BCUT2D eigenvalue weighted by molar-refractivity contribution is 5.76. The van der Waals surface area contributed by atoms with Gasteiger partial charge in [0, 0.05) is 34.3 Å². The van der Waals surface area contributed by atoms with Gasteiger partial charge in [-0.25, -0.2) is 9.97 Å². The van der Waals surface area contributed by atoms with Crippen molar-refractivity contribution in [3.05, 3.63) is 80.6 Å². The summed E-state index contributed by atoms with van der Waals surface area (Å²) in [6.07, 6.45) is 0.348. The van der Waals surface area contributed by atoms with E-state index in [0.717, 1.165) is 22.2 Å². The molecule has 1 aliphatic rings. The Labute approximate surface area is 189 Å². The Kier molecular flexibility index (Phi) is 6.71. The first-order chi connectivity index (χ1) is 16.0. The van der Waals surface area contributed by atoms with Crippen LogP contribution in [-0.2, 0) is 27.4 Å². The van der Waals surface area contributed by atoms with E-state index in [0.29, 0.717) is 37.3 Å². The van der Waals surface area contributed by atoms with E-state index in [9.17, 15) is 14.4 Å². The fraction of sp³-hybridized carbons (Fsp3) is 0.292. The Balaban J connectivity index is 0.000000160. The molecule has 1 aliphatic heterocycles. The molecular formula is C24H24N4O5. The number of aryl methyl sites for hydroxylation is 2. The zero-order valence-corrected chi connectivity index (χ0v) is 18.4. The largest absolute Gasteiger partial charge is 0.348 e. The third-order valence-corrected chi connectivity index (χ3v) is 5.22. The van der Waals surface area contributed by atoms with Crippen molar-refractivity contribution in [1.29, 1.82) is 0 Å². The van der Waals surface area contributed by atoms with Crippen LogP contribution in [0, 0.1) is 13.8 Å². The molecule has 4 aromatic heterocycles. The van der Waals surface area contributed by atoms with Crippen LogP contribution in [-0.4, -0.2) is 44.9 Å². The minimum absolute atomic E-state index is 0.0482. The zero-order valence-electron chi connectivity index (χ0n) is 18.4. The van der Waals surface area contributed by atoms with Gasteiger partial charge in [-0.1, -0.05) is 0 Å². The summed E-state index contributed by atoms with van der Waals surface area (Å²) in [5.41, 5.74) is 2.67. The minimum Gasteiger partial charge on any atom is -0.348 e. The maximum Gasteiger partial charge on any atom is 0.252 e. The van der Waals surface area contributed by atoms with Crippen molar-refractivity contribution >= 4 is 28.4 Å². The smallest absolute Gasteiger partial charge is 0.252 e. The summed E-state index contributed by atoms with van der Waals surface area (Å²) in [6, 6.07) is 14.2. The van der Waals surface area contributed by atoms with E-state index in [1.165, 1.54) is 10.6 Å². The number of hydrogen-bond donors (Lipinski definition) is 0. The third-order valence-electron chi connectivity index (χ3n) is 5.22. The molecule has 9 heteroatoms. The standard InChI is InChI=1S/C13H14N2O3.C11H10N2O2/c1-9-2-3-10-4-5-11(16)15(13(10)14-9)8-12-17-6-7-18-12;1-8-2-3-9-4-5-10(15)13(6-7-14)11(9)12-8/h2-5,12H,6-8H2,1H3;2-5,7H,6H2,1H3. The first-order valence-electron chi connectivity index (χ1n) is 10.6. The lowest BCUT2D eigenvalue weighted by Crippen LogP contribution is -2.27. The van der Waals surface area contributed by atoms with Gasteiger partial charge in [0.2, 0.25) is 0 Å². The van der Waals surface area contributed by atoms with Crippen LogP contribution in [0.1, 0.15) is 11.4 Å². The number of fused-ring (bicyclic) bond motifs is 2. The summed E-state index contributed by atoms with van der Waals surface area (Å²) in [6.45, 7) is 5.35. The summed E-state index contributed by atoms with van der Waals surface area (Å²) in [7, 11) is 0. The highest BCUT2D eigenvalue weighted by Crippen LogP contribution is 2.13. The highest BCUT2D eigenvalue weighted by atomic mass is 16.7. The second-order valence-corrected chi connectivity index (χ2v) is 7.63. The van der Waals surface area contributed by atoms with Crippen LogP contribution in [0.25, 0.3) is 22.1 Å². The quantitative estimate of drug-likeness (QED) is 0.440. The molecule has 0 aliphatic carbocycles. The molecule has 0 amide bonds. The molecule has 1 saturated heterocycles. The predicted octanol–water partition coefficient (Wildman–Crippen LogP) is 1.98. The first-order valence-corrected chi connectivity index (χ1v) is 10.6. The molecule has 0 bridgehead atoms. The van der Waals surface area contributed by atoms with E-state index < -0.39 is 0 Å². The number of carbonyl (C=O) groups is 1. The monoisotopic (exact) mass is 448 g/mol. The van der Waals surface area contributed by atoms with Crippen molar-refractivity contribution in [3.8, 4) is 0 Å². The molecule has 0 N–H and O–H groups in total. The van der Waals surface area contributed by atoms with E-state index in [4.69, 9.17) is 9.47 Å². The zero-order chi connectivity index (χ0) is 23.4. The lowest BCUT2D eigenvalue weighted by Gasteiger charge is -2.13. The normalized spacial score (nSPS) is 13.8. The number of carbonyl (C=O) groups excluding carboxylic acids is 1. The van der Waals surface area contributed by atoms with E-state index in [-0.39, 0.29) is 24.0 Å². The molecule has 5 rings (SSSR count). The summed E-state index contributed by atoms with van der Waals surface area (Å²) in [5, 5.41) is 1.81. The molecule has 1 fully saturated rings. The molecule has 0 spiro atoms. The van der Waals surface area contributed by atoms with Gasteiger partial charge < -0.3 is 14.3 Å². The summed E-state index contributed by atoms with van der Waals surface area (Å²) in [4.78, 5) is 42.6. The molecule has 0 aromatic carbocycles. The molecule has 0 unspecified atom stereocenters. The molecule has 4 aromatic rings. The SMILES string of the molecule is Cc1ccc2ccc(=O)n(CC3OCCO3)c2n1.Cc1ccc2ccc(=O)n(CC=O)c2n1. The van der Waals surface area contributed by atoms with Crippen LogP contribution >= 0.6 is 0 Å². The average Bonchev–Trinajstić information content (AvgIpc) is 3.32. The van der Waals surface area contributed by atoms with E-state index in [1.54, 1.807) is 22.8 Å². The van der Waals surface area contributed by atoms with E-state index >= 15 is 0 Å². The van der Waals surface area contributed by atoms with Gasteiger partial charge in [0.15, 0.2) is 6.29 Å². The van der Waals surface area contributed by atoms with Crippen LogP contribution in [0.3, 0.4) is 0 Å². The molecule has 9 nitrogen and oxygen atoms in total. The van der Waals surface area contributed by atoms with Gasteiger partial charge in [0.25, 0.3) is 11.1 Å². The average molecular weight is 448 g/mol. The minimum atomic E-state index is -0.351. The van der Waals surface area contributed by atoms with E-state index in [2.05, 4.69) is 9.97 Å². The van der Waals surface area contributed by atoms with Gasteiger partial charge in [0.05, 0.1) is 26.3 Å². The Morgan fingerprint density at radius 3 is 1.85 bits per heavy atom. The van der Waals surface area contributed by atoms with Crippen molar-refractivity contribution in [1.82, 2.24) is 19.1 Å². The van der Waals surface area contributed by atoms with Crippen LogP contribution in [0.5, 0.6) is 0 Å². The number of ether oxygens (including phenoxy) is 2. The Bertz CT molecular complexity index is 1420. The highest BCUT2D eigenvalue weighted by Gasteiger charge is 2.18. The van der Waals surface area contributed by atoms with Gasteiger partial charge >= 0.3 is 0 Å². The Morgan fingerprint density at radius 1 is 0.818 bits per heavy atom. The van der Waals surface area contributed by atoms with Crippen molar-refractivity contribution in [2.75, 3.05) is 13.2 Å². The van der Waals surface area contributed by atoms with Gasteiger partial charge in [-0.05, 0) is 50.2 Å². The summed E-state index contributed by atoms with van der Waals surface area (Å²) in [5.74, 6) is 0. The van der Waals surface area contributed by atoms with Crippen LogP contribution in [0.15, 0.2) is 58.1 Å². The lowest BCUT2D eigenvalue weighted by atomic mass is 10.2. The van der Waals surface area contributed by atoms with Crippen molar-refractivity contribution in [2.45, 2.75) is 33.2 Å². The number of rotatable bonds is 4. The molecule has 0 saturated carbocycles. The van der Waals surface area contributed by atoms with Gasteiger partial charge in [-0.15, -0.1) is 0 Å². The fourth-order valence-electron chi connectivity index (χ4n) is 3.60. The second kappa shape index (κ2) is 9.85. The molecule has 0 radical (unpaired) electrons. The van der Waals surface area contributed by atoms with Crippen molar-refractivity contribution in [3.63, 3.8) is 0 Å². The molecule has 170 valence electrons. The lowest BCUT2D eigenvalue weighted by molar-refractivity contribution is -0.108. The van der Waals surface area contributed by atoms with Gasteiger partial charge in [-0.2, -0.15) is 0 Å². The number of nitrogens with zero attached hydrogens (tertiary/aromatic N) is 4. The van der Waals surface area contributed by atoms with Crippen LogP contribution < -0.4 is 11.1 Å². The van der Waals surface area contributed by atoms with Crippen molar-refractivity contribution < 1.29 is 14.3 Å². The first kappa shape index (κ1) is 22.5.